The molecule has 0 bridgehead atoms. The highest BCUT2D eigenvalue weighted by atomic mass is 19.1. The maximum atomic E-state index is 13.2. The molecular formula is C26H21FN4O. The summed E-state index contributed by atoms with van der Waals surface area (Å²) in [6.45, 7) is 1.29. The summed E-state index contributed by atoms with van der Waals surface area (Å²) in [5.41, 5.74) is 5.80. The first-order valence-corrected chi connectivity index (χ1v) is 10.4. The maximum absolute atomic E-state index is 13.2. The van der Waals surface area contributed by atoms with E-state index >= 15 is 0 Å². The lowest BCUT2D eigenvalue weighted by Crippen LogP contribution is -2.14. The summed E-state index contributed by atoms with van der Waals surface area (Å²) in [5.74, 6) is 0.508. The molecule has 0 atom stereocenters. The van der Waals surface area contributed by atoms with Crippen LogP contribution in [-0.2, 0) is 13.1 Å². The molecule has 0 saturated carbocycles. The average molecular weight is 424 g/mol. The molecule has 0 fully saturated rings. The van der Waals surface area contributed by atoms with Crippen molar-refractivity contribution in [3.05, 3.63) is 115 Å². The molecule has 0 saturated heterocycles. The van der Waals surface area contributed by atoms with Gasteiger partial charge in [0.1, 0.15) is 11.5 Å². The van der Waals surface area contributed by atoms with Crippen LogP contribution in [0.2, 0.25) is 0 Å². The minimum absolute atomic E-state index is 0.241. The third-order valence-corrected chi connectivity index (χ3v) is 5.24. The smallest absolute Gasteiger partial charge is 0.152 e. The zero-order valence-electron chi connectivity index (χ0n) is 17.3. The van der Waals surface area contributed by atoms with Crippen LogP contribution in [-0.4, -0.2) is 14.8 Å². The Kier molecular flexibility index (Phi) is 5.59. The molecule has 6 heteroatoms. The first kappa shape index (κ1) is 19.9. The summed E-state index contributed by atoms with van der Waals surface area (Å²) in [4.78, 5) is 4.35. The van der Waals surface area contributed by atoms with Crippen LogP contribution in [0.4, 0.5) is 4.39 Å². The monoisotopic (exact) mass is 424 g/mol. The number of pyridine rings is 1. The molecule has 0 aliphatic rings. The predicted molar refractivity (Wildman–Crippen MR) is 121 cm³/mol. The standard InChI is InChI=1S/C26H21FN4O/c27-22-10-6-19(7-11-22)20-8-12-24(13-9-20)31-26(25-5-3-15-32-25)21(17-30-31)16-28-18-23-4-1-2-14-29-23/h1-15,17,28H,16,18H2. The molecule has 5 nitrogen and oxygen atoms in total. The molecule has 0 aliphatic carbocycles. The van der Waals surface area contributed by atoms with Gasteiger partial charge in [0.25, 0.3) is 0 Å². The van der Waals surface area contributed by atoms with Crippen molar-refractivity contribution in [2.24, 2.45) is 0 Å². The Bertz CT molecular complexity index is 1280. The molecule has 0 unspecified atom stereocenters. The number of hydrogen-bond donors (Lipinski definition) is 1. The lowest BCUT2D eigenvalue weighted by molar-refractivity contribution is 0.575. The fourth-order valence-electron chi connectivity index (χ4n) is 3.65. The van der Waals surface area contributed by atoms with Crippen molar-refractivity contribution in [2.75, 3.05) is 0 Å². The minimum Gasteiger partial charge on any atom is -0.463 e. The molecule has 0 aliphatic heterocycles. The first-order valence-electron chi connectivity index (χ1n) is 10.4. The summed E-state index contributed by atoms with van der Waals surface area (Å²) >= 11 is 0. The van der Waals surface area contributed by atoms with Crippen LogP contribution in [0.1, 0.15) is 11.3 Å². The molecule has 5 aromatic rings. The van der Waals surface area contributed by atoms with Crippen molar-refractivity contribution >= 4 is 0 Å². The van der Waals surface area contributed by atoms with E-state index in [2.05, 4.69) is 15.4 Å². The van der Waals surface area contributed by atoms with E-state index in [4.69, 9.17) is 4.42 Å². The molecule has 1 N–H and O–H groups in total. The highest BCUT2D eigenvalue weighted by Gasteiger charge is 2.17. The Labute approximate surface area is 185 Å². The zero-order chi connectivity index (χ0) is 21.8. The van der Waals surface area contributed by atoms with Crippen molar-refractivity contribution in [1.29, 1.82) is 0 Å². The van der Waals surface area contributed by atoms with Gasteiger partial charge in [0.05, 0.1) is 23.8 Å². The van der Waals surface area contributed by atoms with Crippen LogP contribution in [0.3, 0.4) is 0 Å². The second kappa shape index (κ2) is 8.99. The molecule has 2 aromatic carbocycles. The van der Waals surface area contributed by atoms with Gasteiger partial charge in [0, 0.05) is 24.8 Å². The number of hydrogen-bond acceptors (Lipinski definition) is 4. The summed E-state index contributed by atoms with van der Waals surface area (Å²) in [7, 11) is 0. The van der Waals surface area contributed by atoms with Crippen LogP contribution in [0, 0.1) is 5.82 Å². The number of benzene rings is 2. The summed E-state index contributed by atoms with van der Waals surface area (Å²) in [5, 5.41) is 8.07. The van der Waals surface area contributed by atoms with Crippen molar-refractivity contribution < 1.29 is 8.81 Å². The van der Waals surface area contributed by atoms with Gasteiger partial charge in [0.15, 0.2) is 5.76 Å². The second-order valence-corrected chi connectivity index (χ2v) is 7.39. The summed E-state index contributed by atoms with van der Waals surface area (Å²) in [6, 6.07) is 24.2. The lowest BCUT2D eigenvalue weighted by atomic mass is 10.1. The molecule has 158 valence electrons. The number of nitrogens with zero attached hydrogens (tertiary/aromatic N) is 3. The van der Waals surface area contributed by atoms with Gasteiger partial charge in [-0.3, -0.25) is 4.98 Å². The second-order valence-electron chi connectivity index (χ2n) is 7.39. The predicted octanol–water partition coefficient (Wildman–Crippen LogP) is 5.62. The molecule has 5 rings (SSSR count). The number of rotatable bonds is 7. The maximum Gasteiger partial charge on any atom is 0.152 e. The van der Waals surface area contributed by atoms with Gasteiger partial charge in [-0.15, -0.1) is 0 Å². The van der Waals surface area contributed by atoms with Crippen LogP contribution in [0.25, 0.3) is 28.3 Å². The molecule has 3 aromatic heterocycles. The van der Waals surface area contributed by atoms with Crippen LogP contribution in [0.15, 0.2) is 102 Å². The van der Waals surface area contributed by atoms with Crippen LogP contribution < -0.4 is 5.32 Å². The number of furan rings is 1. The highest BCUT2D eigenvalue weighted by Crippen LogP contribution is 2.28. The molecule has 32 heavy (non-hydrogen) atoms. The van der Waals surface area contributed by atoms with E-state index in [0.29, 0.717) is 13.1 Å². The van der Waals surface area contributed by atoms with Gasteiger partial charge in [-0.1, -0.05) is 30.3 Å². The minimum atomic E-state index is -0.241. The molecular weight excluding hydrogens is 403 g/mol. The zero-order valence-corrected chi connectivity index (χ0v) is 17.3. The van der Waals surface area contributed by atoms with E-state index in [1.165, 1.54) is 12.1 Å². The first-order chi connectivity index (χ1) is 15.8. The quantitative estimate of drug-likeness (QED) is 0.368. The van der Waals surface area contributed by atoms with Crippen molar-refractivity contribution in [1.82, 2.24) is 20.1 Å². The summed E-state index contributed by atoms with van der Waals surface area (Å²) < 4.78 is 20.8. The molecule has 3 heterocycles. The lowest BCUT2D eigenvalue weighted by Gasteiger charge is -2.10. The fourth-order valence-corrected chi connectivity index (χ4v) is 3.65. The molecule has 0 radical (unpaired) electrons. The SMILES string of the molecule is Fc1ccc(-c2ccc(-n3ncc(CNCc4ccccn4)c3-c3ccco3)cc2)cc1. The average Bonchev–Trinajstić information content (AvgIpc) is 3.50. The Balaban J connectivity index is 1.41. The Morgan fingerprint density at radius 2 is 1.62 bits per heavy atom. The highest BCUT2D eigenvalue weighted by molar-refractivity contribution is 5.66. The normalized spacial score (nSPS) is 11.0. The van der Waals surface area contributed by atoms with Gasteiger partial charge in [-0.05, 0) is 59.7 Å². The molecule has 0 spiro atoms. The van der Waals surface area contributed by atoms with E-state index in [-0.39, 0.29) is 5.82 Å². The Morgan fingerprint density at radius 3 is 2.31 bits per heavy atom. The van der Waals surface area contributed by atoms with Crippen molar-refractivity contribution in [3.8, 4) is 28.3 Å². The topological polar surface area (TPSA) is 55.9 Å². The van der Waals surface area contributed by atoms with Gasteiger partial charge in [-0.2, -0.15) is 5.10 Å². The van der Waals surface area contributed by atoms with E-state index in [0.717, 1.165) is 39.5 Å². The van der Waals surface area contributed by atoms with Gasteiger partial charge in [-0.25, -0.2) is 9.07 Å². The fraction of sp³-hybridized carbons (Fsp3) is 0.0769. The summed E-state index contributed by atoms with van der Waals surface area (Å²) in [6.07, 6.45) is 5.31. The number of aromatic nitrogens is 3. The van der Waals surface area contributed by atoms with Crippen molar-refractivity contribution in [2.45, 2.75) is 13.1 Å². The van der Waals surface area contributed by atoms with Crippen molar-refractivity contribution in [3.63, 3.8) is 0 Å². The van der Waals surface area contributed by atoms with E-state index in [1.54, 1.807) is 24.6 Å². The number of halogens is 1. The van der Waals surface area contributed by atoms with Gasteiger partial charge in [0.2, 0.25) is 0 Å². The van der Waals surface area contributed by atoms with E-state index in [1.807, 2.05) is 65.5 Å². The number of nitrogens with one attached hydrogen (secondary N) is 1. The largest absolute Gasteiger partial charge is 0.463 e. The van der Waals surface area contributed by atoms with Crippen LogP contribution in [0.5, 0.6) is 0 Å². The Morgan fingerprint density at radius 1 is 0.844 bits per heavy atom. The Hall–Kier alpha value is -4.03. The third kappa shape index (κ3) is 4.22. The van der Waals surface area contributed by atoms with Crippen LogP contribution >= 0.6 is 0 Å². The van der Waals surface area contributed by atoms with Gasteiger partial charge >= 0.3 is 0 Å². The van der Waals surface area contributed by atoms with E-state index < -0.39 is 0 Å². The molecule has 0 amide bonds. The third-order valence-electron chi connectivity index (χ3n) is 5.24. The van der Waals surface area contributed by atoms with Gasteiger partial charge < -0.3 is 9.73 Å². The van der Waals surface area contributed by atoms with E-state index in [9.17, 15) is 4.39 Å².